The van der Waals surface area contributed by atoms with Gasteiger partial charge >= 0.3 is 0 Å². The minimum Gasteiger partial charge on any atom is -0.399 e. The van der Waals surface area contributed by atoms with Crippen molar-refractivity contribution in [2.75, 3.05) is 25.9 Å². The molecule has 1 unspecified atom stereocenters. The van der Waals surface area contributed by atoms with Gasteiger partial charge in [0.25, 0.3) is 0 Å². The molecule has 1 saturated heterocycles. The van der Waals surface area contributed by atoms with E-state index in [0.29, 0.717) is 27.7 Å². The van der Waals surface area contributed by atoms with Gasteiger partial charge in [-0.15, -0.1) is 0 Å². The highest BCUT2D eigenvalue weighted by molar-refractivity contribution is 9.11. The molecule has 0 spiro atoms. The third-order valence-electron chi connectivity index (χ3n) is 3.29. The fraction of sp³-hybridized carbons (Fsp3) is 0.500. The lowest BCUT2D eigenvalue weighted by Gasteiger charge is -2.31. The smallest absolute Gasteiger partial charge is 0.245 e. The standard InChI is InChI=1S/C12H16Br2N2O3S/c1-19-9-3-2-4-16(7-9)20(17,18)12-10(13)5-8(15)6-11(12)14/h5-6,9H,2-4,7,15H2,1H3. The maximum atomic E-state index is 12.8. The summed E-state index contributed by atoms with van der Waals surface area (Å²) in [5.74, 6) is 0. The summed E-state index contributed by atoms with van der Waals surface area (Å²) < 4.78 is 33.2. The van der Waals surface area contributed by atoms with Crippen molar-refractivity contribution in [1.29, 1.82) is 0 Å². The summed E-state index contributed by atoms with van der Waals surface area (Å²) in [6.45, 7) is 0.882. The van der Waals surface area contributed by atoms with Crippen molar-refractivity contribution in [3.63, 3.8) is 0 Å². The third-order valence-corrected chi connectivity index (χ3v) is 7.04. The highest BCUT2D eigenvalue weighted by atomic mass is 79.9. The van der Waals surface area contributed by atoms with E-state index in [9.17, 15) is 8.42 Å². The molecule has 1 aromatic rings. The van der Waals surface area contributed by atoms with Crippen molar-refractivity contribution in [2.45, 2.75) is 23.8 Å². The number of hydrogen-bond donors (Lipinski definition) is 1. The molecule has 1 aliphatic rings. The Morgan fingerprint density at radius 3 is 2.50 bits per heavy atom. The van der Waals surface area contributed by atoms with Gasteiger partial charge in [0.1, 0.15) is 4.90 Å². The zero-order valence-corrected chi connectivity index (χ0v) is 15.0. The Labute approximate surface area is 135 Å². The Morgan fingerprint density at radius 1 is 1.35 bits per heavy atom. The number of methoxy groups -OCH3 is 1. The van der Waals surface area contributed by atoms with Crippen molar-refractivity contribution >= 4 is 47.6 Å². The second-order valence-corrected chi connectivity index (χ2v) is 8.26. The summed E-state index contributed by atoms with van der Waals surface area (Å²) in [5.41, 5.74) is 6.20. The first kappa shape index (κ1) is 16.2. The summed E-state index contributed by atoms with van der Waals surface area (Å²) >= 11 is 6.57. The average molecular weight is 428 g/mol. The topological polar surface area (TPSA) is 72.6 Å². The molecule has 0 saturated carbocycles. The fourth-order valence-electron chi connectivity index (χ4n) is 2.27. The molecule has 0 radical (unpaired) electrons. The number of ether oxygens (including phenoxy) is 1. The minimum atomic E-state index is -3.58. The molecule has 1 aliphatic heterocycles. The maximum Gasteiger partial charge on any atom is 0.245 e. The van der Waals surface area contributed by atoms with Crippen molar-refractivity contribution in [3.8, 4) is 0 Å². The van der Waals surface area contributed by atoms with Crippen LogP contribution in [0.2, 0.25) is 0 Å². The van der Waals surface area contributed by atoms with Gasteiger partial charge in [0.15, 0.2) is 0 Å². The first-order valence-corrected chi connectivity index (χ1v) is 9.16. The zero-order chi connectivity index (χ0) is 14.9. The molecule has 0 aromatic heterocycles. The quantitative estimate of drug-likeness (QED) is 0.752. The molecular formula is C12H16Br2N2O3S. The molecule has 0 bridgehead atoms. The second kappa shape index (κ2) is 6.31. The number of anilines is 1. The number of nitrogens with two attached hydrogens (primary N) is 1. The average Bonchev–Trinajstić information content (AvgIpc) is 2.37. The maximum absolute atomic E-state index is 12.8. The monoisotopic (exact) mass is 426 g/mol. The van der Waals surface area contributed by atoms with Gasteiger partial charge in [0, 0.05) is 34.8 Å². The first-order chi connectivity index (χ1) is 9.36. The van der Waals surface area contributed by atoms with E-state index in [2.05, 4.69) is 31.9 Å². The van der Waals surface area contributed by atoms with Crippen molar-refractivity contribution in [3.05, 3.63) is 21.1 Å². The summed E-state index contributed by atoms with van der Waals surface area (Å²) in [4.78, 5) is 0.212. The summed E-state index contributed by atoms with van der Waals surface area (Å²) in [7, 11) is -1.97. The predicted molar refractivity (Wildman–Crippen MR) is 85.0 cm³/mol. The van der Waals surface area contributed by atoms with E-state index in [4.69, 9.17) is 10.5 Å². The van der Waals surface area contributed by atoms with Crippen LogP contribution < -0.4 is 5.73 Å². The molecule has 5 nitrogen and oxygen atoms in total. The van der Waals surface area contributed by atoms with Crippen LogP contribution >= 0.6 is 31.9 Å². The second-order valence-electron chi connectivity index (χ2n) is 4.68. The van der Waals surface area contributed by atoms with Gasteiger partial charge < -0.3 is 10.5 Å². The first-order valence-electron chi connectivity index (χ1n) is 6.13. The summed E-state index contributed by atoms with van der Waals surface area (Å²) in [6, 6.07) is 3.19. The molecule has 8 heteroatoms. The van der Waals surface area contributed by atoms with Crippen molar-refractivity contribution in [1.82, 2.24) is 4.31 Å². The van der Waals surface area contributed by atoms with Crippen LogP contribution in [0.15, 0.2) is 26.0 Å². The van der Waals surface area contributed by atoms with Crippen LogP contribution in [-0.4, -0.2) is 39.0 Å². The Balaban J connectivity index is 2.40. The number of piperidine rings is 1. The lowest BCUT2D eigenvalue weighted by molar-refractivity contribution is 0.0571. The van der Waals surface area contributed by atoms with E-state index < -0.39 is 10.0 Å². The van der Waals surface area contributed by atoms with Crippen LogP contribution in [0.1, 0.15) is 12.8 Å². The van der Waals surface area contributed by atoms with Gasteiger partial charge in [-0.05, 0) is 56.8 Å². The molecule has 1 fully saturated rings. The molecular weight excluding hydrogens is 412 g/mol. The number of nitrogen functional groups attached to an aromatic ring is 1. The highest BCUT2D eigenvalue weighted by Gasteiger charge is 2.33. The molecule has 0 amide bonds. The van der Waals surface area contributed by atoms with Gasteiger partial charge in [-0.2, -0.15) is 4.31 Å². The van der Waals surface area contributed by atoms with Gasteiger partial charge in [-0.1, -0.05) is 0 Å². The largest absolute Gasteiger partial charge is 0.399 e. The molecule has 2 rings (SSSR count). The zero-order valence-electron chi connectivity index (χ0n) is 11.0. The molecule has 1 aromatic carbocycles. The molecule has 112 valence electrons. The van der Waals surface area contributed by atoms with E-state index in [-0.39, 0.29) is 11.0 Å². The van der Waals surface area contributed by atoms with Crippen LogP contribution in [-0.2, 0) is 14.8 Å². The third kappa shape index (κ3) is 3.19. The molecule has 0 aliphatic carbocycles. The Bertz CT molecular complexity index is 584. The van der Waals surface area contributed by atoms with Gasteiger partial charge in [0.05, 0.1) is 6.10 Å². The van der Waals surface area contributed by atoms with E-state index in [1.165, 1.54) is 4.31 Å². The number of hydrogen-bond acceptors (Lipinski definition) is 4. The molecule has 20 heavy (non-hydrogen) atoms. The minimum absolute atomic E-state index is 0.0511. The van der Waals surface area contributed by atoms with Gasteiger partial charge in [-0.3, -0.25) is 0 Å². The Morgan fingerprint density at radius 2 is 1.95 bits per heavy atom. The number of benzene rings is 1. The van der Waals surface area contributed by atoms with Gasteiger partial charge in [-0.25, -0.2) is 8.42 Å². The van der Waals surface area contributed by atoms with E-state index in [0.717, 1.165) is 12.8 Å². The fourth-order valence-corrected chi connectivity index (χ4v) is 6.32. The van der Waals surface area contributed by atoms with Crippen LogP contribution in [0, 0.1) is 0 Å². The van der Waals surface area contributed by atoms with E-state index in [1.54, 1.807) is 19.2 Å². The molecule has 1 atom stereocenters. The SMILES string of the molecule is COC1CCCN(S(=O)(=O)c2c(Br)cc(N)cc2Br)C1. The molecule has 2 N–H and O–H groups in total. The van der Waals surface area contributed by atoms with E-state index >= 15 is 0 Å². The normalized spacial score (nSPS) is 21.1. The van der Waals surface area contributed by atoms with Crippen LogP contribution in [0.3, 0.4) is 0 Å². The Kier molecular flexibility index (Phi) is 5.12. The lowest BCUT2D eigenvalue weighted by Crippen LogP contribution is -2.43. The van der Waals surface area contributed by atoms with Gasteiger partial charge in [0.2, 0.25) is 10.0 Å². The molecule has 1 heterocycles. The van der Waals surface area contributed by atoms with E-state index in [1.807, 2.05) is 0 Å². The van der Waals surface area contributed by atoms with Crippen molar-refractivity contribution in [2.24, 2.45) is 0 Å². The summed E-state index contributed by atoms with van der Waals surface area (Å²) in [6.07, 6.45) is 1.62. The van der Waals surface area contributed by atoms with Crippen LogP contribution in [0.4, 0.5) is 5.69 Å². The van der Waals surface area contributed by atoms with Crippen LogP contribution in [0.5, 0.6) is 0 Å². The van der Waals surface area contributed by atoms with Crippen LogP contribution in [0.25, 0.3) is 0 Å². The number of sulfonamides is 1. The number of rotatable bonds is 3. The summed E-state index contributed by atoms with van der Waals surface area (Å²) in [5, 5.41) is 0. The predicted octanol–water partition coefficient (Wildman–Crippen LogP) is 2.59. The number of nitrogens with zero attached hydrogens (tertiary/aromatic N) is 1. The Hall–Kier alpha value is -0.150. The lowest BCUT2D eigenvalue weighted by atomic mass is 10.1. The number of halogens is 2. The highest BCUT2D eigenvalue weighted by Crippen LogP contribution is 2.35. The van der Waals surface area contributed by atoms with Crippen molar-refractivity contribution < 1.29 is 13.2 Å².